The van der Waals surface area contributed by atoms with Crippen LogP contribution < -0.4 is 5.32 Å². The summed E-state index contributed by atoms with van der Waals surface area (Å²) in [6, 6.07) is 16.0. The van der Waals surface area contributed by atoms with Gasteiger partial charge in [0.2, 0.25) is 5.91 Å². The minimum Gasteiger partial charge on any atom is -0.311 e. The number of hydrogen-bond acceptors (Lipinski definition) is 3. The van der Waals surface area contributed by atoms with E-state index in [-0.39, 0.29) is 5.91 Å². The molecule has 4 heteroatoms. The molecular weight excluding hydrogens is 322 g/mol. The highest BCUT2D eigenvalue weighted by Gasteiger charge is 2.06. The lowest BCUT2D eigenvalue weighted by molar-refractivity contribution is -0.114. The number of benzene rings is 2. The van der Waals surface area contributed by atoms with Gasteiger partial charge in [0.05, 0.1) is 17.1 Å². The zero-order valence-electron chi connectivity index (χ0n) is 15.0. The van der Waals surface area contributed by atoms with Crippen LogP contribution in [0.3, 0.4) is 0 Å². The maximum atomic E-state index is 11.3. The van der Waals surface area contributed by atoms with Gasteiger partial charge >= 0.3 is 0 Å². The Morgan fingerprint density at radius 1 is 1.15 bits per heavy atom. The van der Waals surface area contributed by atoms with Crippen molar-refractivity contribution < 1.29 is 4.79 Å². The number of nitrogens with zero attached hydrogens (tertiary/aromatic N) is 2. The molecule has 0 spiro atoms. The number of pyridine rings is 1. The molecule has 1 aromatic heterocycles. The molecule has 1 amide bonds. The maximum absolute atomic E-state index is 11.3. The van der Waals surface area contributed by atoms with E-state index in [0.717, 1.165) is 46.0 Å². The van der Waals surface area contributed by atoms with Crippen molar-refractivity contribution in [2.75, 3.05) is 5.32 Å². The fourth-order valence-electron chi connectivity index (χ4n) is 3.11. The van der Waals surface area contributed by atoms with Crippen LogP contribution in [-0.4, -0.2) is 10.9 Å². The molecule has 0 saturated heterocycles. The van der Waals surface area contributed by atoms with Crippen molar-refractivity contribution in [1.29, 1.82) is 5.26 Å². The van der Waals surface area contributed by atoms with E-state index in [1.807, 2.05) is 25.1 Å². The number of carbonyl (C=O) groups is 1. The van der Waals surface area contributed by atoms with Crippen molar-refractivity contribution in [1.82, 2.24) is 4.98 Å². The summed E-state index contributed by atoms with van der Waals surface area (Å²) in [6.45, 7) is 7.42. The third-order valence-corrected chi connectivity index (χ3v) is 4.27. The van der Waals surface area contributed by atoms with Gasteiger partial charge in [0.1, 0.15) is 5.82 Å². The fourth-order valence-corrected chi connectivity index (χ4v) is 3.11. The molecule has 0 aliphatic heterocycles. The molecule has 0 fully saturated rings. The van der Waals surface area contributed by atoms with Gasteiger partial charge in [0.25, 0.3) is 0 Å². The number of nitriles is 1. The molecule has 3 aromatic rings. The largest absolute Gasteiger partial charge is 0.311 e. The lowest BCUT2D eigenvalue weighted by Crippen LogP contribution is -2.07. The van der Waals surface area contributed by atoms with Gasteiger partial charge in [-0.1, -0.05) is 18.2 Å². The number of nitrogens with one attached hydrogen (secondary N) is 1. The second-order valence-corrected chi connectivity index (χ2v) is 6.51. The van der Waals surface area contributed by atoms with Crippen LogP contribution >= 0.6 is 0 Å². The molecule has 26 heavy (non-hydrogen) atoms. The SMILES string of the molecule is [CH2]c1cc(C#N)cc(CCc2ccc3c(C)cc(NC(C)=O)nc3c2)c1. The van der Waals surface area contributed by atoms with Gasteiger partial charge in [-0.2, -0.15) is 5.26 Å². The van der Waals surface area contributed by atoms with Crippen LogP contribution in [-0.2, 0) is 17.6 Å². The Labute approximate surface area is 153 Å². The molecule has 0 bridgehead atoms. The summed E-state index contributed by atoms with van der Waals surface area (Å²) in [7, 11) is 0. The molecule has 4 nitrogen and oxygen atoms in total. The van der Waals surface area contributed by atoms with Crippen LogP contribution in [0.1, 0.15) is 34.7 Å². The molecule has 0 saturated carbocycles. The first kappa shape index (κ1) is 17.6. The lowest BCUT2D eigenvalue weighted by atomic mass is 9.99. The quantitative estimate of drug-likeness (QED) is 0.767. The number of hydrogen-bond donors (Lipinski definition) is 1. The molecule has 0 unspecified atom stereocenters. The summed E-state index contributed by atoms with van der Waals surface area (Å²) in [6.07, 6.45) is 1.67. The second kappa shape index (κ2) is 7.37. The van der Waals surface area contributed by atoms with Crippen LogP contribution in [0.5, 0.6) is 0 Å². The smallest absolute Gasteiger partial charge is 0.222 e. The van der Waals surface area contributed by atoms with Crippen molar-refractivity contribution in [2.24, 2.45) is 0 Å². The van der Waals surface area contributed by atoms with E-state index < -0.39 is 0 Å². The van der Waals surface area contributed by atoms with E-state index in [4.69, 9.17) is 5.26 Å². The number of rotatable bonds is 4. The summed E-state index contributed by atoms with van der Waals surface area (Å²) in [5, 5.41) is 12.9. The van der Waals surface area contributed by atoms with E-state index in [1.54, 1.807) is 6.07 Å². The Hall–Kier alpha value is -3.19. The molecule has 1 N–H and O–H groups in total. The number of aromatic nitrogens is 1. The van der Waals surface area contributed by atoms with Gasteiger partial charge < -0.3 is 5.32 Å². The standard InChI is InChI=1S/C22H20N3O/c1-14-8-18(11-19(9-14)13-23)5-4-17-6-7-20-15(2)10-22(24-16(3)26)25-21(20)12-17/h6-12H,1,4-5H2,2-3H3,(H,24,25,26). The summed E-state index contributed by atoms with van der Waals surface area (Å²) in [4.78, 5) is 15.8. The first-order valence-electron chi connectivity index (χ1n) is 8.48. The van der Waals surface area contributed by atoms with E-state index >= 15 is 0 Å². The molecular formula is C22H20N3O. The van der Waals surface area contributed by atoms with Gasteiger partial charge in [-0.15, -0.1) is 0 Å². The third kappa shape index (κ3) is 4.07. The van der Waals surface area contributed by atoms with Crippen LogP contribution in [0.15, 0.2) is 42.5 Å². The van der Waals surface area contributed by atoms with Gasteiger partial charge in [0, 0.05) is 12.3 Å². The average molecular weight is 342 g/mol. The normalized spacial score (nSPS) is 10.5. The van der Waals surface area contributed by atoms with E-state index in [2.05, 4.69) is 41.5 Å². The topological polar surface area (TPSA) is 65.8 Å². The number of aryl methyl sites for hydroxylation is 3. The molecule has 3 rings (SSSR count). The maximum Gasteiger partial charge on any atom is 0.222 e. The molecule has 0 aliphatic rings. The summed E-state index contributed by atoms with van der Waals surface area (Å²) < 4.78 is 0. The summed E-state index contributed by atoms with van der Waals surface area (Å²) in [5.41, 5.74) is 5.71. The third-order valence-electron chi connectivity index (χ3n) is 4.27. The number of amides is 1. The highest BCUT2D eigenvalue weighted by Crippen LogP contribution is 2.22. The van der Waals surface area contributed by atoms with E-state index in [9.17, 15) is 4.79 Å². The number of fused-ring (bicyclic) bond motifs is 1. The zero-order valence-corrected chi connectivity index (χ0v) is 15.0. The predicted octanol–water partition coefficient (Wildman–Crippen LogP) is 4.34. The van der Waals surface area contributed by atoms with E-state index in [0.29, 0.717) is 11.4 Å². The number of anilines is 1. The Balaban J connectivity index is 1.85. The molecule has 0 atom stereocenters. The molecule has 1 radical (unpaired) electrons. The molecule has 1 heterocycles. The first-order chi connectivity index (χ1) is 12.4. The van der Waals surface area contributed by atoms with Crippen molar-refractivity contribution in [3.63, 3.8) is 0 Å². The van der Waals surface area contributed by atoms with Crippen LogP contribution in [0.25, 0.3) is 10.9 Å². The fraction of sp³-hybridized carbons (Fsp3) is 0.182. The van der Waals surface area contributed by atoms with Gasteiger partial charge in [-0.3, -0.25) is 4.79 Å². The minimum atomic E-state index is -0.131. The van der Waals surface area contributed by atoms with Crippen molar-refractivity contribution in [3.05, 3.63) is 77.2 Å². The highest BCUT2D eigenvalue weighted by atomic mass is 16.1. The van der Waals surface area contributed by atoms with Crippen molar-refractivity contribution in [2.45, 2.75) is 26.7 Å². The number of carbonyl (C=O) groups excluding carboxylic acids is 1. The highest BCUT2D eigenvalue weighted by molar-refractivity contribution is 5.91. The van der Waals surface area contributed by atoms with Gasteiger partial charge in [-0.05, 0) is 73.2 Å². The average Bonchev–Trinajstić information content (AvgIpc) is 2.58. The lowest BCUT2D eigenvalue weighted by Gasteiger charge is -2.09. The monoisotopic (exact) mass is 342 g/mol. The van der Waals surface area contributed by atoms with Crippen LogP contribution in [0.4, 0.5) is 5.82 Å². The van der Waals surface area contributed by atoms with Crippen molar-refractivity contribution >= 4 is 22.6 Å². The molecule has 129 valence electrons. The second-order valence-electron chi connectivity index (χ2n) is 6.51. The molecule has 0 aliphatic carbocycles. The summed E-state index contributed by atoms with van der Waals surface area (Å²) in [5.74, 6) is 0.442. The Bertz CT molecular complexity index is 1030. The minimum absolute atomic E-state index is 0.131. The first-order valence-corrected chi connectivity index (χ1v) is 8.48. The Morgan fingerprint density at radius 2 is 1.92 bits per heavy atom. The Kier molecular flexibility index (Phi) is 4.99. The zero-order chi connectivity index (χ0) is 18.7. The molecule has 2 aromatic carbocycles. The predicted molar refractivity (Wildman–Crippen MR) is 104 cm³/mol. The summed E-state index contributed by atoms with van der Waals surface area (Å²) >= 11 is 0. The van der Waals surface area contributed by atoms with Crippen LogP contribution in [0.2, 0.25) is 0 Å². The van der Waals surface area contributed by atoms with Gasteiger partial charge in [-0.25, -0.2) is 4.98 Å². The van der Waals surface area contributed by atoms with Gasteiger partial charge in [0.15, 0.2) is 0 Å². The van der Waals surface area contributed by atoms with Crippen molar-refractivity contribution in [3.8, 4) is 6.07 Å². The Morgan fingerprint density at radius 3 is 2.65 bits per heavy atom. The van der Waals surface area contributed by atoms with E-state index in [1.165, 1.54) is 6.92 Å². The van der Waals surface area contributed by atoms with Crippen LogP contribution in [0, 0.1) is 25.2 Å².